The highest BCUT2D eigenvalue weighted by molar-refractivity contribution is 7.98. The molecule has 0 bridgehead atoms. The fourth-order valence-corrected chi connectivity index (χ4v) is 3.95. The zero-order chi connectivity index (χ0) is 26.0. The Morgan fingerprint density at radius 1 is 1.25 bits per heavy atom. The third-order valence-corrected chi connectivity index (χ3v) is 5.94. The Morgan fingerprint density at radius 3 is 2.75 bits per heavy atom. The number of amides is 2. The monoisotopic (exact) mass is 511 g/mol. The molecule has 4 rings (SSSR count). The number of hydrogen-bond acceptors (Lipinski definition) is 10. The molecule has 190 valence electrons. The van der Waals surface area contributed by atoms with Gasteiger partial charge in [-0.2, -0.15) is 0 Å². The van der Waals surface area contributed by atoms with Crippen LogP contribution in [0.4, 0.5) is 16.3 Å². The molecule has 0 spiro atoms. The maximum Gasteiger partial charge on any atom is 0.408 e. The minimum Gasteiger partial charge on any atom is -0.436 e. The van der Waals surface area contributed by atoms with Crippen molar-refractivity contribution in [2.24, 2.45) is 0 Å². The molecule has 3 heterocycles. The van der Waals surface area contributed by atoms with Crippen molar-refractivity contribution in [3.8, 4) is 11.5 Å². The summed E-state index contributed by atoms with van der Waals surface area (Å²) in [6.07, 6.45) is 2.17. The molecule has 1 atom stereocenters. The van der Waals surface area contributed by atoms with Crippen molar-refractivity contribution in [2.45, 2.75) is 44.5 Å². The average Bonchev–Trinajstić information content (AvgIpc) is 3.29. The van der Waals surface area contributed by atoms with Gasteiger partial charge < -0.3 is 24.3 Å². The van der Waals surface area contributed by atoms with Crippen molar-refractivity contribution >= 4 is 35.3 Å². The molecule has 0 saturated heterocycles. The molecular weight excluding hydrogens is 482 g/mol. The van der Waals surface area contributed by atoms with Gasteiger partial charge in [0.15, 0.2) is 11.3 Å². The molecule has 12 heteroatoms. The highest BCUT2D eigenvalue weighted by atomic mass is 32.2. The van der Waals surface area contributed by atoms with Crippen LogP contribution in [0, 0.1) is 0 Å². The highest BCUT2D eigenvalue weighted by Gasteiger charge is 2.28. The molecule has 1 aliphatic rings. The van der Waals surface area contributed by atoms with Gasteiger partial charge in [-0.3, -0.25) is 4.79 Å². The van der Waals surface area contributed by atoms with E-state index in [0.717, 1.165) is 0 Å². The molecule has 0 fully saturated rings. The number of fused-ring (bicyclic) bond motifs is 1. The van der Waals surface area contributed by atoms with E-state index < -0.39 is 17.7 Å². The van der Waals surface area contributed by atoms with Crippen LogP contribution in [0.3, 0.4) is 0 Å². The number of carbonyl (C=O) groups excluding carboxylic acids is 2. The molecule has 0 radical (unpaired) electrons. The summed E-state index contributed by atoms with van der Waals surface area (Å²) in [5, 5.41) is 11.5. The van der Waals surface area contributed by atoms with Crippen LogP contribution in [-0.4, -0.2) is 64.1 Å². The van der Waals surface area contributed by atoms with Gasteiger partial charge in [0.1, 0.15) is 11.4 Å². The first-order valence-corrected chi connectivity index (χ1v) is 12.6. The van der Waals surface area contributed by atoms with Crippen LogP contribution in [0.1, 0.15) is 50.0 Å². The van der Waals surface area contributed by atoms with Gasteiger partial charge in [-0.15, -0.1) is 10.2 Å². The minimum absolute atomic E-state index is 0.169. The summed E-state index contributed by atoms with van der Waals surface area (Å²) in [6.45, 7) is 8.30. The number of nitrogens with zero attached hydrogens (tertiary/aromatic N) is 6. The first-order valence-electron chi connectivity index (χ1n) is 11.4. The van der Waals surface area contributed by atoms with E-state index in [1.165, 1.54) is 11.8 Å². The van der Waals surface area contributed by atoms with Crippen LogP contribution in [0.5, 0.6) is 0 Å². The third kappa shape index (κ3) is 5.59. The van der Waals surface area contributed by atoms with E-state index >= 15 is 0 Å². The van der Waals surface area contributed by atoms with E-state index in [2.05, 4.69) is 25.5 Å². The van der Waals surface area contributed by atoms with Crippen molar-refractivity contribution in [3.05, 3.63) is 41.9 Å². The summed E-state index contributed by atoms with van der Waals surface area (Å²) < 4.78 is 11.1. The Kier molecular flexibility index (Phi) is 7.16. The number of anilines is 2. The normalized spacial score (nSPS) is 14.8. The fraction of sp³-hybridized carbons (Fsp3) is 0.417. The number of likely N-dealkylation sites (N-methyl/N-ethyl adjacent to an activating group) is 1. The highest BCUT2D eigenvalue weighted by Crippen LogP contribution is 2.30. The predicted octanol–water partition coefficient (Wildman–Crippen LogP) is 3.93. The van der Waals surface area contributed by atoms with E-state index in [9.17, 15) is 9.59 Å². The number of aromatic nitrogens is 4. The zero-order valence-electron chi connectivity index (χ0n) is 21.1. The Bertz CT molecular complexity index is 1270. The number of ether oxygens (including phenoxy) is 1. The molecule has 1 aliphatic heterocycles. The minimum atomic E-state index is -0.734. The van der Waals surface area contributed by atoms with Crippen LogP contribution in [0.15, 0.2) is 40.0 Å². The molecule has 0 saturated carbocycles. The maximum atomic E-state index is 13.4. The molecule has 1 aromatic carbocycles. The summed E-state index contributed by atoms with van der Waals surface area (Å²) in [7, 11) is 1.91. The second-order valence-electron chi connectivity index (χ2n) is 9.39. The molecule has 1 unspecified atom stereocenters. The van der Waals surface area contributed by atoms with E-state index in [0.29, 0.717) is 40.9 Å². The molecule has 2 amide bonds. The van der Waals surface area contributed by atoms with Crippen molar-refractivity contribution in [2.75, 3.05) is 36.2 Å². The van der Waals surface area contributed by atoms with E-state index in [1.807, 2.05) is 63.2 Å². The standard InChI is InChI=1S/C24H29N7O4S/c1-14(34-23(33)27-24(2,3)4)19-28-29-20(35-19)15-8-7-9-16(12-15)31-11-10-30(5)18-17(21(31)32)13-25-22(26-18)36-6/h7-9,12-14H,10-11H2,1-6H3,(H,27,33). The largest absolute Gasteiger partial charge is 0.436 e. The second kappa shape index (κ2) is 10.1. The van der Waals surface area contributed by atoms with Gasteiger partial charge in [0.2, 0.25) is 5.89 Å². The number of thioether (sulfide) groups is 1. The predicted molar refractivity (Wildman–Crippen MR) is 136 cm³/mol. The van der Waals surface area contributed by atoms with Crippen LogP contribution < -0.4 is 15.1 Å². The average molecular weight is 512 g/mol. The first kappa shape index (κ1) is 25.4. The van der Waals surface area contributed by atoms with Crippen LogP contribution in [0.25, 0.3) is 11.5 Å². The number of alkyl carbamates (subject to hydrolysis) is 1. The summed E-state index contributed by atoms with van der Waals surface area (Å²) in [5.41, 5.74) is 1.33. The molecular formula is C24H29N7O4S. The maximum absolute atomic E-state index is 13.4. The van der Waals surface area contributed by atoms with Crippen LogP contribution in [0.2, 0.25) is 0 Å². The molecule has 3 aromatic rings. The molecule has 0 aliphatic carbocycles. The SMILES string of the molecule is CSc1ncc2c(n1)N(C)CCN(c1cccc(-c3nnc(C(C)OC(=O)NC(C)(C)C)o3)c1)C2=O. The van der Waals surface area contributed by atoms with Gasteiger partial charge in [-0.1, -0.05) is 17.8 Å². The van der Waals surface area contributed by atoms with Gasteiger partial charge >= 0.3 is 6.09 Å². The lowest BCUT2D eigenvalue weighted by atomic mass is 10.1. The molecule has 36 heavy (non-hydrogen) atoms. The van der Waals surface area contributed by atoms with Gasteiger partial charge in [-0.05, 0) is 52.1 Å². The summed E-state index contributed by atoms with van der Waals surface area (Å²) in [4.78, 5) is 38.0. The Balaban J connectivity index is 1.55. The van der Waals surface area contributed by atoms with Crippen molar-refractivity contribution < 1.29 is 18.7 Å². The van der Waals surface area contributed by atoms with Crippen molar-refractivity contribution in [1.29, 1.82) is 0 Å². The van der Waals surface area contributed by atoms with Gasteiger partial charge in [-0.25, -0.2) is 14.8 Å². The topological polar surface area (TPSA) is 127 Å². The Labute approximate surface area is 213 Å². The number of benzene rings is 1. The smallest absolute Gasteiger partial charge is 0.408 e. The molecule has 2 aromatic heterocycles. The van der Waals surface area contributed by atoms with Gasteiger partial charge in [0, 0.05) is 43.1 Å². The lowest BCUT2D eigenvalue weighted by molar-refractivity contribution is 0.0860. The third-order valence-electron chi connectivity index (χ3n) is 5.38. The fourth-order valence-electron chi connectivity index (χ4n) is 3.62. The summed E-state index contributed by atoms with van der Waals surface area (Å²) in [6, 6.07) is 7.30. The number of hydrogen-bond donors (Lipinski definition) is 1. The van der Waals surface area contributed by atoms with E-state index in [1.54, 1.807) is 18.0 Å². The molecule has 11 nitrogen and oxygen atoms in total. The first-order chi connectivity index (χ1) is 17.1. The zero-order valence-corrected chi connectivity index (χ0v) is 21.9. The van der Waals surface area contributed by atoms with Gasteiger partial charge in [0.25, 0.3) is 11.8 Å². The van der Waals surface area contributed by atoms with E-state index in [-0.39, 0.29) is 17.7 Å². The van der Waals surface area contributed by atoms with Crippen LogP contribution in [-0.2, 0) is 4.74 Å². The quantitative estimate of drug-likeness (QED) is 0.398. The number of nitrogens with one attached hydrogen (secondary N) is 1. The van der Waals surface area contributed by atoms with Crippen molar-refractivity contribution in [1.82, 2.24) is 25.5 Å². The van der Waals surface area contributed by atoms with Crippen molar-refractivity contribution in [3.63, 3.8) is 0 Å². The Hall–Kier alpha value is -3.67. The lowest BCUT2D eigenvalue weighted by Crippen LogP contribution is -2.41. The van der Waals surface area contributed by atoms with E-state index in [4.69, 9.17) is 9.15 Å². The van der Waals surface area contributed by atoms with Crippen LogP contribution >= 0.6 is 11.8 Å². The van der Waals surface area contributed by atoms with Gasteiger partial charge in [0.05, 0.1) is 0 Å². The number of rotatable bonds is 5. The Morgan fingerprint density at radius 2 is 2.03 bits per heavy atom. The number of carbonyl (C=O) groups is 2. The summed E-state index contributed by atoms with van der Waals surface area (Å²) in [5.74, 6) is 0.857. The second-order valence-corrected chi connectivity index (χ2v) is 10.2. The summed E-state index contributed by atoms with van der Waals surface area (Å²) >= 11 is 1.43. The molecule has 1 N–H and O–H groups in total. The lowest BCUT2D eigenvalue weighted by Gasteiger charge is -2.21.